The molecule has 6 nitrogen and oxygen atoms in total. The molecule has 1 saturated heterocycles. The topological polar surface area (TPSA) is 68.7 Å². The average Bonchev–Trinajstić information content (AvgIpc) is 2.62. The second-order valence-corrected chi connectivity index (χ2v) is 7.40. The van der Waals surface area contributed by atoms with Gasteiger partial charge in [0, 0.05) is 44.2 Å². The first-order valence-electron chi connectivity index (χ1n) is 9.25. The van der Waals surface area contributed by atoms with Crippen molar-refractivity contribution in [2.75, 3.05) is 39.8 Å². The highest BCUT2D eigenvalue weighted by Crippen LogP contribution is 2.25. The number of nitrogens with zero attached hydrogens (tertiary/aromatic N) is 3. The molecule has 1 fully saturated rings. The first-order valence-corrected chi connectivity index (χ1v) is 9.25. The van der Waals surface area contributed by atoms with Crippen LogP contribution in [0.5, 0.6) is 5.75 Å². The fourth-order valence-corrected chi connectivity index (χ4v) is 3.60. The van der Waals surface area contributed by atoms with Gasteiger partial charge in [-0.3, -0.25) is 14.7 Å². The molecule has 0 bridgehead atoms. The summed E-state index contributed by atoms with van der Waals surface area (Å²) in [5.74, 6) is 0.101. The number of carbonyl (C=O) groups is 1. The molecule has 0 spiro atoms. The number of hydrogen-bond donors (Lipinski definition) is 2. The van der Waals surface area contributed by atoms with Crippen molar-refractivity contribution in [1.29, 1.82) is 0 Å². The van der Waals surface area contributed by atoms with E-state index in [0.29, 0.717) is 28.9 Å². The third-order valence-electron chi connectivity index (χ3n) is 5.23. The second kappa shape index (κ2) is 8.01. The maximum Gasteiger partial charge on any atom is 0.255 e. The molecular formula is C20H28N4O2. The number of pyridine rings is 1. The van der Waals surface area contributed by atoms with Gasteiger partial charge in [-0.15, -0.1) is 0 Å². The Balaban J connectivity index is 1.74. The summed E-state index contributed by atoms with van der Waals surface area (Å²) in [6, 6.07) is 7.66. The van der Waals surface area contributed by atoms with E-state index in [9.17, 15) is 9.90 Å². The van der Waals surface area contributed by atoms with Crippen LogP contribution in [0, 0.1) is 5.92 Å². The standard InChI is InChI=1S/C20H28N4O2/c1-14(2)17(24-10-8-23(3)9-11-24)12-22-20(26)19-15-6-4-5-7-16(15)21-13-18(19)25/h4-7,13-14,17,25H,8-12H2,1-3H3,(H,22,26). The highest BCUT2D eigenvalue weighted by atomic mass is 16.3. The molecule has 0 saturated carbocycles. The van der Waals surface area contributed by atoms with Crippen LogP contribution in [0.3, 0.4) is 0 Å². The number of benzene rings is 1. The predicted octanol–water partition coefficient (Wildman–Crippen LogP) is 1.94. The van der Waals surface area contributed by atoms with Gasteiger partial charge in [-0.2, -0.15) is 0 Å². The van der Waals surface area contributed by atoms with Gasteiger partial charge >= 0.3 is 0 Å². The zero-order valence-corrected chi connectivity index (χ0v) is 15.8. The summed E-state index contributed by atoms with van der Waals surface area (Å²) in [5, 5.41) is 13.9. The molecule has 2 N–H and O–H groups in total. The van der Waals surface area contributed by atoms with E-state index >= 15 is 0 Å². The van der Waals surface area contributed by atoms with Crippen molar-refractivity contribution in [3.8, 4) is 5.75 Å². The lowest BCUT2D eigenvalue weighted by Gasteiger charge is -2.39. The van der Waals surface area contributed by atoms with Gasteiger partial charge in [0.05, 0.1) is 17.3 Å². The fraction of sp³-hybridized carbons (Fsp3) is 0.500. The summed E-state index contributed by atoms with van der Waals surface area (Å²) in [4.78, 5) is 21.8. The first-order chi connectivity index (χ1) is 12.5. The smallest absolute Gasteiger partial charge is 0.255 e. The molecule has 0 aliphatic carbocycles. The van der Waals surface area contributed by atoms with Gasteiger partial charge in [-0.25, -0.2) is 0 Å². The molecule has 0 radical (unpaired) electrons. The van der Waals surface area contributed by atoms with Gasteiger partial charge in [0.2, 0.25) is 0 Å². The Kier molecular flexibility index (Phi) is 5.74. The lowest BCUT2D eigenvalue weighted by molar-refractivity contribution is 0.0790. The maximum atomic E-state index is 12.8. The summed E-state index contributed by atoms with van der Waals surface area (Å²) in [6.07, 6.45) is 1.34. The van der Waals surface area contributed by atoms with Crippen LogP contribution in [-0.4, -0.2) is 71.6 Å². The van der Waals surface area contributed by atoms with Crippen LogP contribution in [-0.2, 0) is 0 Å². The zero-order valence-electron chi connectivity index (χ0n) is 15.8. The molecule has 2 heterocycles. The minimum Gasteiger partial charge on any atom is -0.505 e. The van der Waals surface area contributed by atoms with Crippen molar-refractivity contribution in [3.05, 3.63) is 36.0 Å². The number of hydrogen-bond acceptors (Lipinski definition) is 5. The largest absolute Gasteiger partial charge is 0.505 e. The molecule has 6 heteroatoms. The van der Waals surface area contributed by atoms with Gasteiger partial charge in [-0.05, 0) is 19.0 Å². The molecule has 3 rings (SSSR count). The van der Waals surface area contributed by atoms with E-state index in [4.69, 9.17) is 0 Å². The molecule has 2 aromatic rings. The van der Waals surface area contributed by atoms with Gasteiger partial charge in [0.25, 0.3) is 5.91 Å². The summed E-state index contributed by atoms with van der Waals surface area (Å²) >= 11 is 0. The van der Waals surface area contributed by atoms with Gasteiger partial charge in [0.1, 0.15) is 5.75 Å². The Hall–Kier alpha value is -2.18. The minimum atomic E-state index is -0.249. The molecule has 1 aromatic heterocycles. The van der Waals surface area contributed by atoms with E-state index in [1.165, 1.54) is 6.20 Å². The van der Waals surface area contributed by atoms with Crippen molar-refractivity contribution in [2.24, 2.45) is 5.92 Å². The summed E-state index contributed by atoms with van der Waals surface area (Å²) in [6.45, 7) is 9.07. The number of nitrogens with one attached hydrogen (secondary N) is 1. The van der Waals surface area contributed by atoms with Crippen molar-refractivity contribution < 1.29 is 9.90 Å². The Labute approximate surface area is 154 Å². The lowest BCUT2D eigenvalue weighted by atomic mass is 10.0. The fourth-order valence-electron chi connectivity index (χ4n) is 3.60. The van der Waals surface area contributed by atoms with Crippen LogP contribution in [0.25, 0.3) is 10.9 Å². The number of para-hydroxylation sites is 1. The van der Waals surface area contributed by atoms with Crippen LogP contribution >= 0.6 is 0 Å². The number of piperazine rings is 1. The molecule has 1 aliphatic rings. The highest BCUT2D eigenvalue weighted by Gasteiger charge is 2.26. The molecular weight excluding hydrogens is 328 g/mol. The summed E-state index contributed by atoms with van der Waals surface area (Å²) in [5.41, 5.74) is 1.01. The average molecular weight is 356 g/mol. The van der Waals surface area contributed by atoms with Crippen LogP contribution in [0.15, 0.2) is 30.5 Å². The molecule has 1 atom stereocenters. The van der Waals surface area contributed by atoms with E-state index in [2.05, 4.69) is 41.0 Å². The van der Waals surface area contributed by atoms with Gasteiger partial charge in [0.15, 0.2) is 0 Å². The van der Waals surface area contributed by atoms with E-state index in [0.717, 1.165) is 26.2 Å². The van der Waals surface area contributed by atoms with E-state index in [1.54, 1.807) is 0 Å². The quantitative estimate of drug-likeness (QED) is 0.857. The first kappa shape index (κ1) is 18.6. The Morgan fingerprint density at radius 3 is 2.62 bits per heavy atom. The maximum absolute atomic E-state index is 12.8. The van der Waals surface area contributed by atoms with Crippen molar-refractivity contribution in [2.45, 2.75) is 19.9 Å². The SMILES string of the molecule is CC(C)C(CNC(=O)c1c(O)cnc2ccccc12)N1CCN(C)CC1. The monoisotopic (exact) mass is 356 g/mol. The molecule has 1 aromatic carbocycles. The van der Waals surface area contributed by atoms with Gasteiger partial charge in [-0.1, -0.05) is 32.0 Å². The van der Waals surface area contributed by atoms with Crippen molar-refractivity contribution in [1.82, 2.24) is 20.1 Å². The highest BCUT2D eigenvalue weighted by molar-refractivity contribution is 6.08. The Morgan fingerprint density at radius 2 is 1.92 bits per heavy atom. The van der Waals surface area contributed by atoms with Crippen LogP contribution in [0.2, 0.25) is 0 Å². The molecule has 140 valence electrons. The molecule has 1 aliphatic heterocycles. The number of aromatic nitrogens is 1. The second-order valence-electron chi connectivity index (χ2n) is 7.40. The van der Waals surface area contributed by atoms with E-state index in [1.807, 2.05) is 24.3 Å². The predicted molar refractivity (Wildman–Crippen MR) is 103 cm³/mol. The minimum absolute atomic E-state index is 0.0816. The van der Waals surface area contributed by atoms with Crippen LogP contribution < -0.4 is 5.32 Å². The molecule has 1 unspecified atom stereocenters. The summed E-state index contributed by atoms with van der Waals surface area (Å²) in [7, 11) is 2.14. The number of amides is 1. The van der Waals surface area contributed by atoms with Crippen LogP contribution in [0.1, 0.15) is 24.2 Å². The van der Waals surface area contributed by atoms with Gasteiger partial charge < -0.3 is 15.3 Å². The number of rotatable bonds is 5. The number of aromatic hydroxyl groups is 1. The Morgan fingerprint density at radius 1 is 1.23 bits per heavy atom. The normalized spacial score (nSPS) is 17.5. The molecule has 1 amide bonds. The lowest BCUT2D eigenvalue weighted by Crippen LogP contribution is -2.54. The summed E-state index contributed by atoms with van der Waals surface area (Å²) < 4.78 is 0. The number of fused-ring (bicyclic) bond motifs is 1. The number of carbonyl (C=O) groups excluding carboxylic acids is 1. The van der Waals surface area contributed by atoms with E-state index in [-0.39, 0.29) is 17.7 Å². The molecule has 26 heavy (non-hydrogen) atoms. The van der Waals surface area contributed by atoms with Crippen molar-refractivity contribution >= 4 is 16.8 Å². The third-order valence-corrected chi connectivity index (χ3v) is 5.23. The third kappa shape index (κ3) is 3.97. The Bertz CT molecular complexity index is 769. The zero-order chi connectivity index (χ0) is 18.7. The van der Waals surface area contributed by atoms with Crippen molar-refractivity contribution in [3.63, 3.8) is 0 Å². The van der Waals surface area contributed by atoms with E-state index < -0.39 is 0 Å². The number of likely N-dealkylation sites (N-methyl/N-ethyl adjacent to an activating group) is 1. The van der Waals surface area contributed by atoms with Crippen LogP contribution in [0.4, 0.5) is 0 Å².